The number of rotatable bonds is 7. The summed E-state index contributed by atoms with van der Waals surface area (Å²) in [4.78, 5) is 11.7. The molecule has 3 rings (SSSR count). The van der Waals surface area contributed by atoms with Gasteiger partial charge in [0.1, 0.15) is 5.69 Å². The second-order valence-electron chi connectivity index (χ2n) is 6.55. The summed E-state index contributed by atoms with van der Waals surface area (Å²) < 4.78 is 1.87. The highest BCUT2D eigenvalue weighted by Crippen LogP contribution is 2.37. The number of aromatic nitrogens is 3. The standard InChI is InChI=1S/C18H24N4O/c1-13-5-7-15(8-6-13)17-12-22(21-20-17)10-4-3-9-19-18(23)16-11-14(16)2/h5-8,12,14,16H,3-4,9-11H2,1-2H3,(H,19,23)/t14-,16-/m0/s1. The molecule has 0 saturated heterocycles. The van der Waals surface area contributed by atoms with E-state index in [4.69, 9.17) is 0 Å². The van der Waals surface area contributed by atoms with Gasteiger partial charge in [-0.15, -0.1) is 5.10 Å². The first kappa shape index (κ1) is 15.7. The molecule has 1 aromatic carbocycles. The van der Waals surface area contributed by atoms with E-state index in [-0.39, 0.29) is 11.8 Å². The van der Waals surface area contributed by atoms with Crippen LogP contribution in [0.3, 0.4) is 0 Å². The number of hydrogen-bond acceptors (Lipinski definition) is 3. The molecule has 122 valence electrons. The molecule has 23 heavy (non-hydrogen) atoms. The zero-order chi connectivity index (χ0) is 16.2. The van der Waals surface area contributed by atoms with Crippen molar-refractivity contribution in [2.24, 2.45) is 11.8 Å². The number of carbonyl (C=O) groups excluding carboxylic acids is 1. The van der Waals surface area contributed by atoms with Crippen LogP contribution in [0.2, 0.25) is 0 Å². The Labute approximate surface area is 137 Å². The molecule has 1 amide bonds. The van der Waals surface area contributed by atoms with Crippen LogP contribution in [0.25, 0.3) is 11.3 Å². The van der Waals surface area contributed by atoms with E-state index < -0.39 is 0 Å². The van der Waals surface area contributed by atoms with E-state index in [9.17, 15) is 4.79 Å². The third-order valence-electron chi connectivity index (χ3n) is 4.45. The Morgan fingerprint density at radius 2 is 2.04 bits per heavy atom. The minimum absolute atomic E-state index is 0.222. The summed E-state index contributed by atoms with van der Waals surface area (Å²) >= 11 is 0. The number of carbonyl (C=O) groups is 1. The first-order valence-corrected chi connectivity index (χ1v) is 8.38. The Bertz CT molecular complexity index is 662. The number of aryl methyl sites for hydroxylation is 2. The molecule has 1 aliphatic carbocycles. The van der Waals surface area contributed by atoms with Gasteiger partial charge in [0.25, 0.3) is 0 Å². The lowest BCUT2D eigenvalue weighted by Gasteiger charge is -2.04. The average molecular weight is 312 g/mol. The van der Waals surface area contributed by atoms with Crippen molar-refractivity contribution in [2.45, 2.75) is 39.7 Å². The molecule has 1 aromatic heterocycles. The van der Waals surface area contributed by atoms with Crippen molar-refractivity contribution >= 4 is 5.91 Å². The Hall–Kier alpha value is -2.17. The largest absolute Gasteiger partial charge is 0.356 e. The van der Waals surface area contributed by atoms with Crippen molar-refractivity contribution < 1.29 is 4.79 Å². The molecule has 1 N–H and O–H groups in total. The van der Waals surface area contributed by atoms with Gasteiger partial charge < -0.3 is 5.32 Å². The summed E-state index contributed by atoms with van der Waals surface area (Å²) in [5, 5.41) is 11.4. The van der Waals surface area contributed by atoms with Gasteiger partial charge in [-0.1, -0.05) is 42.0 Å². The predicted molar refractivity (Wildman–Crippen MR) is 89.7 cm³/mol. The lowest BCUT2D eigenvalue weighted by atomic mass is 10.1. The highest BCUT2D eigenvalue weighted by atomic mass is 16.2. The summed E-state index contributed by atoms with van der Waals surface area (Å²) in [7, 11) is 0. The Morgan fingerprint density at radius 3 is 2.74 bits per heavy atom. The van der Waals surface area contributed by atoms with Crippen LogP contribution in [0.4, 0.5) is 0 Å². The minimum Gasteiger partial charge on any atom is -0.356 e. The van der Waals surface area contributed by atoms with Crippen LogP contribution in [0.5, 0.6) is 0 Å². The molecule has 1 heterocycles. The van der Waals surface area contributed by atoms with Crippen LogP contribution in [0.15, 0.2) is 30.5 Å². The number of unbranched alkanes of at least 4 members (excludes halogenated alkanes) is 1. The number of nitrogens with one attached hydrogen (secondary N) is 1. The van der Waals surface area contributed by atoms with Gasteiger partial charge in [0.05, 0.1) is 6.20 Å². The quantitative estimate of drug-likeness (QED) is 0.800. The van der Waals surface area contributed by atoms with Crippen molar-refractivity contribution in [3.05, 3.63) is 36.0 Å². The van der Waals surface area contributed by atoms with Gasteiger partial charge in [-0.05, 0) is 32.1 Å². The third kappa shape index (κ3) is 4.18. The molecule has 5 nitrogen and oxygen atoms in total. The molecule has 0 unspecified atom stereocenters. The fraction of sp³-hybridized carbons (Fsp3) is 0.500. The van der Waals surface area contributed by atoms with Gasteiger partial charge in [-0.3, -0.25) is 9.48 Å². The van der Waals surface area contributed by atoms with E-state index in [0.29, 0.717) is 5.92 Å². The highest BCUT2D eigenvalue weighted by Gasteiger charge is 2.38. The molecule has 5 heteroatoms. The van der Waals surface area contributed by atoms with Gasteiger partial charge in [0, 0.05) is 24.6 Å². The number of nitrogens with zero attached hydrogens (tertiary/aromatic N) is 3. The van der Waals surface area contributed by atoms with E-state index in [0.717, 1.165) is 43.6 Å². The fourth-order valence-electron chi connectivity index (χ4n) is 2.69. The van der Waals surface area contributed by atoms with Crippen LogP contribution in [0.1, 0.15) is 31.7 Å². The molecule has 0 aliphatic heterocycles. The molecule has 2 aromatic rings. The molecule has 0 spiro atoms. The molecule has 0 bridgehead atoms. The van der Waals surface area contributed by atoms with Crippen molar-refractivity contribution in [3.8, 4) is 11.3 Å². The summed E-state index contributed by atoms with van der Waals surface area (Å²) in [6, 6.07) is 8.30. The molecule has 1 fully saturated rings. The van der Waals surface area contributed by atoms with Crippen LogP contribution >= 0.6 is 0 Å². The van der Waals surface area contributed by atoms with Gasteiger partial charge >= 0.3 is 0 Å². The van der Waals surface area contributed by atoms with Crippen molar-refractivity contribution in [3.63, 3.8) is 0 Å². The van der Waals surface area contributed by atoms with Gasteiger partial charge in [0.2, 0.25) is 5.91 Å². The summed E-state index contributed by atoms with van der Waals surface area (Å²) in [6.45, 7) is 5.78. The van der Waals surface area contributed by atoms with Crippen LogP contribution in [0, 0.1) is 18.8 Å². The lowest BCUT2D eigenvalue weighted by molar-refractivity contribution is -0.122. The zero-order valence-corrected chi connectivity index (χ0v) is 13.8. The smallest absolute Gasteiger partial charge is 0.223 e. The Morgan fingerprint density at radius 1 is 1.30 bits per heavy atom. The summed E-state index contributed by atoms with van der Waals surface area (Å²) in [5.74, 6) is 1.06. The second-order valence-corrected chi connectivity index (χ2v) is 6.55. The third-order valence-corrected chi connectivity index (χ3v) is 4.45. The topological polar surface area (TPSA) is 59.8 Å². The van der Waals surface area contributed by atoms with Crippen LogP contribution in [-0.4, -0.2) is 27.4 Å². The van der Waals surface area contributed by atoms with Crippen molar-refractivity contribution in [1.82, 2.24) is 20.3 Å². The average Bonchev–Trinajstić information content (AvgIpc) is 3.09. The van der Waals surface area contributed by atoms with Crippen molar-refractivity contribution in [2.75, 3.05) is 6.54 Å². The summed E-state index contributed by atoms with van der Waals surface area (Å²) in [6.07, 6.45) is 4.98. The van der Waals surface area contributed by atoms with E-state index in [1.54, 1.807) is 0 Å². The maximum atomic E-state index is 11.7. The molecule has 1 aliphatic rings. The minimum atomic E-state index is 0.222. The molecule has 1 saturated carbocycles. The Balaban J connectivity index is 1.39. The van der Waals surface area contributed by atoms with Gasteiger partial charge in [-0.2, -0.15) is 0 Å². The van der Waals surface area contributed by atoms with Crippen LogP contribution < -0.4 is 5.32 Å². The van der Waals surface area contributed by atoms with Crippen LogP contribution in [-0.2, 0) is 11.3 Å². The van der Waals surface area contributed by atoms with E-state index >= 15 is 0 Å². The zero-order valence-electron chi connectivity index (χ0n) is 13.8. The lowest BCUT2D eigenvalue weighted by Crippen LogP contribution is -2.26. The van der Waals surface area contributed by atoms with Crippen molar-refractivity contribution in [1.29, 1.82) is 0 Å². The fourth-order valence-corrected chi connectivity index (χ4v) is 2.69. The Kier molecular flexibility index (Phi) is 4.74. The van der Waals surface area contributed by atoms with Gasteiger partial charge in [-0.25, -0.2) is 0 Å². The van der Waals surface area contributed by atoms with E-state index in [1.165, 1.54) is 5.56 Å². The normalized spacial score (nSPS) is 19.6. The second kappa shape index (κ2) is 6.94. The first-order valence-electron chi connectivity index (χ1n) is 8.38. The number of benzene rings is 1. The molecule has 2 atom stereocenters. The molecule has 0 radical (unpaired) electrons. The van der Waals surface area contributed by atoms with E-state index in [1.807, 2.05) is 10.9 Å². The molecular weight excluding hydrogens is 288 g/mol. The number of amides is 1. The maximum Gasteiger partial charge on any atom is 0.223 e. The SMILES string of the molecule is Cc1ccc(-c2cn(CCCCNC(=O)[C@H]3C[C@@H]3C)nn2)cc1. The molecular formula is C18H24N4O. The number of hydrogen-bond donors (Lipinski definition) is 1. The highest BCUT2D eigenvalue weighted by molar-refractivity contribution is 5.81. The van der Waals surface area contributed by atoms with E-state index in [2.05, 4.69) is 53.7 Å². The maximum absolute atomic E-state index is 11.7. The van der Waals surface area contributed by atoms with Gasteiger partial charge in [0.15, 0.2) is 0 Å². The predicted octanol–water partition coefficient (Wildman–Crippen LogP) is 2.81. The summed E-state index contributed by atoms with van der Waals surface area (Å²) in [5.41, 5.74) is 3.23. The first-order chi connectivity index (χ1) is 11.1. The monoisotopic (exact) mass is 312 g/mol.